The lowest BCUT2D eigenvalue weighted by molar-refractivity contribution is -0.149. The van der Waals surface area contributed by atoms with Gasteiger partial charge in [-0.1, -0.05) is 44.1 Å². The molecule has 0 spiro atoms. The quantitative estimate of drug-likeness (QED) is 0.132. The second-order valence-corrected chi connectivity index (χ2v) is 15.3. The number of esters is 1. The molecule has 1 aromatic rings. The maximum Gasteiger partial charge on any atom is 0.330 e. The number of aliphatic hydroxyl groups excluding tert-OH is 1. The van der Waals surface area contributed by atoms with Crippen molar-refractivity contribution >= 4 is 52.9 Å². The molecule has 0 aliphatic carbocycles. The highest BCUT2D eigenvalue weighted by atomic mass is 35.5. The van der Waals surface area contributed by atoms with E-state index in [1.807, 2.05) is 4.98 Å². The minimum Gasteiger partial charge on any atom is -0.462 e. The highest BCUT2D eigenvalue weighted by molar-refractivity contribution is 8.13. The zero-order chi connectivity index (χ0) is 30.6. The summed E-state index contributed by atoms with van der Waals surface area (Å²) < 4.78 is 38.4. The zero-order valence-electron chi connectivity index (χ0n) is 23.3. The van der Waals surface area contributed by atoms with Gasteiger partial charge in [0.05, 0.1) is 19.3 Å². The van der Waals surface area contributed by atoms with Crippen LogP contribution in [0.1, 0.15) is 53.3 Å². The topological polar surface area (TPSA) is 158 Å². The molecule has 0 aromatic carbocycles. The van der Waals surface area contributed by atoms with Crippen molar-refractivity contribution in [1.29, 1.82) is 0 Å². The normalized spacial score (nSPS) is 25.5. The van der Waals surface area contributed by atoms with Crippen LogP contribution in [0, 0.1) is 12.3 Å². The van der Waals surface area contributed by atoms with Gasteiger partial charge in [-0.15, -0.1) is 0 Å². The number of hydrogen-bond acceptors (Lipinski definition) is 11. The van der Waals surface area contributed by atoms with Crippen LogP contribution in [0.4, 0.5) is 4.39 Å². The molecule has 2 rings (SSSR count). The fraction of sp³-hybridized carbons (Fsp3) is 0.739. The standard InChI is InChI=1S/C23H36ClFN3O9PS2/c1-12(2)36-18(31)14(4)27-38(39,34-8-9-40-20(32)22(5,6)7)35-11-15-16(29)23(24,25)19(37-15)28-10-13(3)17(30)26-21(28)33/h10,12,14-16,19,29H,8-9,11H2,1-7H3,(H,27,39)(H,26,30,33)/t14-,15-,16-,19-,23+,38-/m1/s1. The maximum atomic E-state index is 15.4. The lowest BCUT2D eigenvalue weighted by Gasteiger charge is -2.28. The zero-order valence-corrected chi connectivity index (χ0v) is 26.5. The van der Waals surface area contributed by atoms with Crippen LogP contribution >= 0.6 is 30.0 Å². The van der Waals surface area contributed by atoms with Crippen LogP contribution in [0.3, 0.4) is 0 Å². The summed E-state index contributed by atoms with van der Waals surface area (Å²) in [5, 5.41) is 10.3. The number of carbonyl (C=O) groups excluding carboxylic acids is 2. The number of nitrogens with one attached hydrogen (secondary N) is 2. The fourth-order valence-electron chi connectivity index (χ4n) is 3.28. The third-order valence-corrected chi connectivity index (χ3v) is 9.75. The fourth-order valence-corrected chi connectivity index (χ4v) is 6.85. The van der Waals surface area contributed by atoms with E-state index < -0.39 is 71.6 Å². The van der Waals surface area contributed by atoms with E-state index in [1.165, 1.54) is 13.8 Å². The second kappa shape index (κ2) is 13.9. The first-order valence-electron chi connectivity index (χ1n) is 12.4. The van der Waals surface area contributed by atoms with E-state index in [0.717, 1.165) is 22.5 Å². The van der Waals surface area contributed by atoms with Crippen LogP contribution in [0.25, 0.3) is 0 Å². The van der Waals surface area contributed by atoms with Gasteiger partial charge in [-0.3, -0.25) is 23.9 Å². The van der Waals surface area contributed by atoms with Crippen molar-refractivity contribution in [3.05, 3.63) is 32.6 Å². The molecule has 1 saturated heterocycles. The number of hydrogen-bond donors (Lipinski definition) is 3. The Balaban J connectivity index is 2.19. The number of thioether (sulfide) groups is 1. The molecule has 0 amide bonds. The van der Waals surface area contributed by atoms with Gasteiger partial charge in [0.15, 0.2) is 11.3 Å². The monoisotopic (exact) mass is 647 g/mol. The molecule has 6 atom stereocenters. The first kappa shape index (κ1) is 35.0. The molecule has 1 aromatic heterocycles. The van der Waals surface area contributed by atoms with Gasteiger partial charge in [0.25, 0.3) is 17.3 Å². The summed E-state index contributed by atoms with van der Waals surface area (Å²) in [6, 6.07) is -0.963. The molecule has 1 aliphatic rings. The summed E-state index contributed by atoms with van der Waals surface area (Å²) in [6.07, 6.45) is -4.55. The van der Waals surface area contributed by atoms with Crippen molar-refractivity contribution in [3.63, 3.8) is 0 Å². The minimum absolute atomic E-state index is 0.0337. The van der Waals surface area contributed by atoms with Crippen molar-refractivity contribution in [2.75, 3.05) is 19.0 Å². The highest BCUT2D eigenvalue weighted by Gasteiger charge is 2.58. The van der Waals surface area contributed by atoms with Crippen molar-refractivity contribution in [3.8, 4) is 0 Å². The summed E-state index contributed by atoms with van der Waals surface area (Å²) in [4.78, 5) is 50.6. The molecule has 0 unspecified atom stereocenters. The third kappa shape index (κ3) is 9.17. The molecule has 1 aliphatic heterocycles. The van der Waals surface area contributed by atoms with E-state index in [4.69, 9.17) is 41.9 Å². The molecule has 0 saturated carbocycles. The molecule has 0 bridgehead atoms. The Hall–Kier alpha value is -1.16. The molecule has 3 N–H and O–H groups in total. The lowest BCUT2D eigenvalue weighted by atomic mass is 10.00. The molecule has 40 heavy (non-hydrogen) atoms. The second-order valence-electron chi connectivity index (χ2n) is 10.5. The molecule has 12 nitrogen and oxygen atoms in total. The van der Waals surface area contributed by atoms with Gasteiger partial charge in [-0.25, -0.2) is 14.3 Å². The van der Waals surface area contributed by atoms with Gasteiger partial charge >= 0.3 is 11.7 Å². The minimum atomic E-state index is -3.52. The average Bonchev–Trinajstić information content (AvgIpc) is 3.05. The van der Waals surface area contributed by atoms with E-state index >= 15 is 4.39 Å². The number of nitrogens with zero attached hydrogens (tertiary/aromatic N) is 1. The van der Waals surface area contributed by atoms with Crippen LogP contribution in [-0.4, -0.2) is 74.2 Å². The Morgan fingerprint density at radius 3 is 2.55 bits per heavy atom. The number of aliphatic hydroxyl groups is 1. The predicted octanol–water partition coefficient (Wildman–Crippen LogP) is 2.50. The summed E-state index contributed by atoms with van der Waals surface area (Å²) in [6.45, 7) is 7.49. The van der Waals surface area contributed by atoms with Gasteiger partial charge in [-0.05, 0) is 39.5 Å². The van der Waals surface area contributed by atoms with Crippen molar-refractivity contribution < 1.29 is 37.6 Å². The van der Waals surface area contributed by atoms with E-state index in [0.29, 0.717) is 0 Å². The molecular weight excluding hydrogens is 612 g/mol. The van der Waals surface area contributed by atoms with Crippen LogP contribution in [0.5, 0.6) is 0 Å². The molecule has 0 radical (unpaired) electrons. The average molecular weight is 648 g/mol. The van der Waals surface area contributed by atoms with E-state index in [1.54, 1.807) is 34.6 Å². The van der Waals surface area contributed by atoms with Crippen molar-refractivity contribution in [1.82, 2.24) is 14.6 Å². The van der Waals surface area contributed by atoms with E-state index in [-0.39, 0.29) is 23.0 Å². The lowest BCUT2D eigenvalue weighted by Crippen LogP contribution is -2.42. The van der Waals surface area contributed by atoms with Gasteiger partial charge in [0.2, 0.25) is 0 Å². The molecular formula is C23H36ClFN3O9PS2. The number of carbonyl (C=O) groups is 2. The Kier molecular flexibility index (Phi) is 12.2. The van der Waals surface area contributed by atoms with Crippen molar-refractivity contribution in [2.24, 2.45) is 5.41 Å². The van der Waals surface area contributed by atoms with Gasteiger partial charge in [0, 0.05) is 22.9 Å². The Morgan fingerprint density at radius 1 is 1.35 bits per heavy atom. The predicted molar refractivity (Wildman–Crippen MR) is 153 cm³/mol. The maximum absolute atomic E-state index is 15.4. The van der Waals surface area contributed by atoms with Crippen LogP contribution in [0.2, 0.25) is 0 Å². The first-order chi connectivity index (χ1) is 18.3. The summed E-state index contributed by atoms with van der Waals surface area (Å²) in [5.74, 6) is -0.388. The number of halogens is 2. The van der Waals surface area contributed by atoms with Gasteiger partial charge < -0.3 is 23.6 Å². The smallest absolute Gasteiger partial charge is 0.330 e. The van der Waals surface area contributed by atoms with Crippen LogP contribution < -0.4 is 16.3 Å². The summed E-state index contributed by atoms with van der Waals surface area (Å²) in [5.41, 5.74) is -2.14. The van der Waals surface area contributed by atoms with Gasteiger partial charge in [-0.2, -0.15) is 0 Å². The molecule has 1 fully saturated rings. The number of H-pyrrole nitrogens is 1. The van der Waals surface area contributed by atoms with Crippen molar-refractivity contribution in [2.45, 2.75) is 84.2 Å². The van der Waals surface area contributed by atoms with Crippen LogP contribution in [-0.2, 0) is 39.9 Å². The number of alkyl halides is 2. The summed E-state index contributed by atoms with van der Waals surface area (Å²) >= 11 is 12.6. The number of aromatic amines is 1. The number of rotatable bonds is 12. The first-order valence-corrected chi connectivity index (χ1v) is 16.4. The largest absolute Gasteiger partial charge is 0.462 e. The van der Waals surface area contributed by atoms with E-state index in [2.05, 4.69) is 5.09 Å². The Morgan fingerprint density at radius 2 is 1.98 bits per heavy atom. The van der Waals surface area contributed by atoms with E-state index in [9.17, 15) is 24.3 Å². The van der Waals surface area contributed by atoms with Crippen LogP contribution in [0.15, 0.2) is 15.8 Å². The third-order valence-electron chi connectivity index (χ3n) is 5.43. The molecule has 2 heterocycles. The molecule has 17 heteroatoms. The number of aromatic nitrogens is 2. The highest BCUT2D eigenvalue weighted by Crippen LogP contribution is 2.48. The number of aryl methyl sites for hydroxylation is 1. The Labute approximate surface area is 245 Å². The number of ether oxygens (including phenoxy) is 2. The Bertz CT molecular complexity index is 1240. The summed E-state index contributed by atoms with van der Waals surface area (Å²) in [7, 11) is 0. The molecule has 228 valence electrons. The van der Waals surface area contributed by atoms with Gasteiger partial charge in [0.1, 0.15) is 18.2 Å². The SMILES string of the molecule is Cc1cn([C@@H]2O[C@H](CO[P@@](=S)(N[C@H](C)C(=O)OC(C)C)OCCSC(=O)C(C)(C)C)[C@@H](O)[C@@]2(F)Cl)c(=O)[nH]c1=O.